The van der Waals surface area contributed by atoms with Crippen LogP contribution in [0, 0.1) is 0 Å². The van der Waals surface area contributed by atoms with Crippen molar-refractivity contribution in [3.05, 3.63) is 66.0 Å². The summed E-state index contributed by atoms with van der Waals surface area (Å²) in [5, 5.41) is 20.6. The highest BCUT2D eigenvalue weighted by Gasteiger charge is 2.29. The molecule has 0 aliphatic heterocycles. The third-order valence-electron chi connectivity index (χ3n) is 4.54. The first-order chi connectivity index (χ1) is 12.8. The van der Waals surface area contributed by atoms with Gasteiger partial charge in [-0.3, -0.25) is 0 Å². The van der Waals surface area contributed by atoms with Crippen LogP contribution in [-0.2, 0) is 13.1 Å². The molecule has 1 N–H and O–H groups in total. The molecule has 0 saturated heterocycles. The summed E-state index contributed by atoms with van der Waals surface area (Å²) in [4.78, 5) is 3.96. The molecule has 1 aromatic carbocycles. The number of rotatable bonds is 6. The Morgan fingerprint density at radius 2 is 1.85 bits per heavy atom. The fourth-order valence-electron chi connectivity index (χ4n) is 2.95. The zero-order chi connectivity index (χ0) is 17.3. The first-order valence-electron chi connectivity index (χ1n) is 8.71. The van der Waals surface area contributed by atoms with Crippen LogP contribution in [0.4, 0.5) is 5.82 Å². The van der Waals surface area contributed by atoms with E-state index >= 15 is 0 Å². The van der Waals surface area contributed by atoms with E-state index in [0.29, 0.717) is 12.5 Å². The topological polar surface area (TPSA) is 85.8 Å². The molecule has 1 fully saturated rings. The Labute approximate surface area is 149 Å². The van der Waals surface area contributed by atoms with E-state index in [1.54, 1.807) is 12.7 Å². The number of aromatic nitrogens is 7. The number of anilines is 1. The second kappa shape index (κ2) is 6.21. The quantitative estimate of drug-likeness (QED) is 0.576. The molecule has 8 nitrogen and oxygen atoms in total. The minimum absolute atomic E-state index is 0.519. The molecule has 4 aromatic rings. The molecule has 1 saturated carbocycles. The van der Waals surface area contributed by atoms with Gasteiger partial charge in [0, 0.05) is 12.5 Å². The molecule has 26 heavy (non-hydrogen) atoms. The predicted molar refractivity (Wildman–Crippen MR) is 95.6 cm³/mol. The first kappa shape index (κ1) is 15.0. The van der Waals surface area contributed by atoms with Gasteiger partial charge in [0.25, 0.3) is 0 Å². The summed E-state index contributed by atoms with van der Waals surface area (Å²) in [5.74, 6) is 2.32. The van der Waals surface area contributed by atoms with Crippen LogP contribution >= 0.6 is 0 Å². The minimum atomic E-state index is 0.519. The number of nitrogens with one attached hydrogen (secondary N) is 1. The van der Waals surface area contributed by atoms with E-state index in [1.807, 2.05) is 21.3 Å². The van der Waals surface area contributed by atoms with Crippen molar-refractivity contribution in [2.45, 2.75) is 31.8 Å². The zero-order valence-corrected chi connectivity index (χ0v) is 14.2. The van der Waals surface area contributed by atoms with E-state index in [-0.39, 0.29) is 0 Å². The highest BCUT2D eigenvalue weighted by molar-refractivity contribution is 5.45. The highest BCUT2D eigenvalue weighted by Crippen LogP contribution is 2.38. The van der Waals surface area contributed by atoms with E-state index in [1.165, 1.54) is 24.0 Å². The molecule has 1 aliphatic rings. The molecule has 3 heterocycles. The lowest BCUT2D eigenvalue weighted by molar-refractivity contribution is 0.684. The van der Waals surface area contributed by atoms with Gasteiger partial charge in [-0.25, -0.2) is 9.67 Å². The third-order valence-corrected chi connectivity index (χ3v) is 4.54. The minimum Gasteiger partial charge on any atom is -0.365 e. The van der Waals surface area contributed by atoms with Crippen molar-refractivity contribution in [3.63, 3.8) is 0 Å². The van der Waals surface area contributed by atoms with Crippen LogP contribution in [0.3, 0.4) is 0 Å². The Morgan fingerprint density at radius 3 is 2.62 bits per heavy atom. The lowest BCUT2D eigenvalue weighted by Gasteiger charge is -2.08. The zero-order valence-electron chi connectivity index (χ0n) is 14.2. The van der Waals surface area contributed by atoms with Gasteiger partial charge in [0.1, 0.15) is 18.5 Å². The van der Waals surface area contributed by atoms with E-state index in [0.717, 1.165) is 23.8 Å². The maximum Gasteiger partial charge on any atom is 0.178 e. The standard InChI is InChI=1S/C18H18N8/c1-3-14(10-25-12-19-11-21-25)4-2-13(1)9-20-16-7-8-17-22-23-18(15-5-6-15)26(17)24-16/h1-4,7-8,11-12,15H,5-6,9-10H2,(H,20,24). The Bertz CT molecular complexity index is 1020. The second-order valence-corrected chi connectivity index (χ2v) is 6.58. The van der Waals surface area contributed by atoms with Crippen molar-refractivity contribution >= 4 is 11.5 Å². The number of fused-ring (bicyclic) bond motifs is 1. The monoisotopic (exact) mass is 346 g/mol. The molecule has 0 unspecified atom stereocenters. The van der Waals surface area contributed by atoms with Crippen LogP contribution in [0.25, 0.3) is 5.65 Å². The van der Waals surface area contributed by atoms with E-state index in [9.17, 15) is 0 Å². The predicted octanol–water partition coefficient (Wildman–Crippen LogP) is 2.25. The fraction of sp³-hybridized carbons (Fsp3) is 0.278. The number of benzene rings is 1. The van der Waals surface area contributed by atoms with Gasteiger partial charge in [-0.15, -0.1) is 15.3 Å². The van der Waals surface area contributed by atoms with Crippen molar-refractivity contribution in [3.8, 4) is 0 Å². The smallest absolute Gasteiger partial charge is 0.178 e. The average Bonchev–Trinajstić information content (AvgIpc) is 3.22. The van der Waals surface area contributed by atoms with E-state index in [2.05, 4.69) is 55.0 Å². The Kier molecular flexibility index (Phi) is 3.59. The SMILES string of the molecule is c1ncn(Cc2ccc(CNc3ccc4nnc(C5CC5)n4n3)cc2)n1. The molecule has 0 spiro atoms. The summed E-state index contributed by atoms with van der Waals surface area (Å²) in [6.45, 7) is 1.44. The van der Waals surface area contributed by atoms with Crippen LogP contribution in [0.15, 0.2) is 49.1 Å². The lowest BCUT2D eigenvalue weighted by Crippen LogP contribution is -2.06. The largest absolute Gasteiger partial charge is 0.365 e. The van der Waals surface area contributed by atoms with Crippen molar-refractivity contribution in [2.24, 2.45) is 0 Å². The highest BCUT2D eigenvalue weighted by atomic mass is 15.4. The molecule has 1 aliphatic carbocycles. The molecular formula is C18H18N8. The van der Waals surface area contributed by atoms with Crippen molar-refractivity contribution in [1.82, 2.24) is 34.6 Å². The summed E-state index contributed by atoms with van der Waals surface area (Å²) in [7, 11) is 0. The molecule has 0 radical (unpaired) electrons. The fourth-order valence-corrected chi connectivity index (χ4v) is 2.95. The Hall–Kier alpha value is -3.29. The molecule has 130 valence electrons. The summed E-state index contributed by atoms with van der Waals surface area (Å²) in [6, 6.07) is 12.4. The Balaban J connectivity index is 1.27. The van der Waals surface area contributed by atoms with Crippen molar-refractivity contribution < 1.29 is 0 Å². The molecular weight excluding hydrogens is 328 g/mol. The van der Waals surface area contributed by atoms with Gasteiger partial charge < -0.3 is 5.32 Å². The van der Waals surface area contributed by atoms with Crippen molar-refractivity contribution in [1.29, 1.82) is 0 Å². The molecule has 0 atom stereocenters. The molecule has 8 heteroatoms. The van der Waals surface area contributed by atoms with Crippen molar-refractivity contribution in [2.75, 3.05) is 5.32 Å². The summed E-state index contributed by atoms with van der Waals surface area (Å²) in [5.41, 5.74) is 3.19. The normalized spacial score (nSPS) is 14.0. The van der Waals surface area contributed by atoms with Gasteiger partial charge in [0.2, 0.25) is 0 Å². The first-order valence-corrected chi connectivity index (χ1v) is 8.71. The van der Waals surface area contributed by atoms with Gasteiger partial charge in [-0.2, -0.15) is 9.61 Å². The molecule has 0 bridgehead atoms. The van der Waals surface area contributed by atoms with Crippen LogP contribution in [0.2, 0.25) is 0 Å². The summed E-state index contributed by atoms with van der Waals surface area (Å²) in [6.07, 6.45) is 5.63. The van der Waals surface area contributed by atoms with Crippen LogP contribution < -0.4 is 5.32 Å². The summed E-state index contributed by atoms with van der Waals surface area (Å²) < 4.78 is 3.67. The van der Waals surface area contributed by atoms with Gasteiger partial charge >= 0.3 is 0 Å². The van der Waals surface area contributed by atoms with E-state index in [4.69, 9.17) is 0 Å². The van der Waals surface area contributed by atoms with Gasteiger partial charge in [-0.1, -0.05) is 24.3 Å². The number of nitrogens with zero attached hydrogens (tertiary/aromatic N) is 7. The Morgan fingerprint density at radius 1 is 1.00 bits per heavy atom. The molecule has 0 amide bonds. The molecule has 5 rings (SSSR count). The maximum atomic E-state index is 4.64. The lowest BCUT2D eigenvalue weighted by atomic mass is 10.1. The van der Waals surface area contributed by atoms with Crippen LogP contribution in [0.5, 0.6) is 0 Å². The van der Waals surface area contributed by atoms with Crippen LogP contribution in [0.1, 0.15) is 35.7 Å². The van der Waals surface area contributed by atoms with Gasteiger partial charge in [-0.05, 0) is 36.1 Å². The summed E-state index contributed by atoms with van der Waals surface area (Å²) >= 11 is 0. The van der Waals surface area contributed by atoms with E-state index < -0.39 is 0 Å². The third kappa shape index (κ3) is 3.01. The van der Waals surface area contributed by atoms with Gasteiger partial charge in [0.05, 0.1) is 6.54 Å². The number of hydrogen-bond acceptors (Lipinski definition) is 6. The molecule has 3 aromatic heterocycles. The second-order valence-electron chi connectivity index (χ2n) is 6.58. The maximum absolute atomic E-state index is 4.64. The average molecular weight is 346 g/mol. The number of hydrogen-bond donors (Lipinski definition) is 1. The van der Waals surface area contributed by atoms with Crippen LogP contribution in [-0.4, -0.2) is 34.6 Å². The van der Waals surface area contributed by atoms with Gasteiger partial charge in [0.15, 0.2) is 11.5 Å².